The molecule has 1 aromatic carbocycles. The van der Waals surface area contributed by atoms with Gasteiger partial charge in [0.1, 0.15) is 0 Å². The number of rotatable bonds is 8. The zero-order valence-electron chi connectivity index (χ0n) is 14.3. The fourth-order valence-electron chi connectivity index (χ4n) is 3.34. The van der Waals surface area contributed by atoms with E-state index in [4.69, 9.17) is 5.11 Å². The third-order valence-corrected chi connectivity index (χ3v) is 5.04. The van der Waals surface area contributed by atoms with Crippen LogP contribution in [0.25, 0.3) is 0 Å². The summed E-state index contributed by atoms with van der Waals surface area (Å²) in [5.41, 5.74) is 1.28. The first-order chi connectivity index (χ1) is 12.0. The van der Waals surface area contributed by atoms with Gasteiger partial charge in [0.2, 0.25) is 5.91 Å². The van der Waals surface area contributed by atoms with E-state index in [1.54, 1.807) is 24.3 Å². The molecule has 1 aromatic rings. The molecule has 2 fully saturated rings. The highest BCUT2D eigenvalue weighted by Crippen LogP contribution is 2.33. The molecule has 0 bridgehead atoms. The van der Waals surface area contributed by atoms with Crippen molar-refractivity contribution in [2.45, 2.75) is 50.7 Å². The Bertz CT molecular complexity index is 648. The van der Waals surface area contributed by atoms with Crippen LogP contribution in [0, 0.1) is 5.92 Å². The van der Waals surface area contributed by atoms with Crippen LogP contribution in [0.2, 0.25) is 0 Å². The van der Waals surface area contributed by atoms with Crippen molar-refractivity contribution < 1.29 is 19.8 Å². The molecule has 0 spiro atoms. The number of aliphatic hydroxyl groups excluding tert-OH is 1. The molecule has 1 heterocycles. The van der Waals surface area contributed by atoms with Crippen molar-refractivity contribution in [3.8, 4) is 0 Å². The topological polar surface area (TPSA) is 77.8 Å². The van der Waals surface area contributed by atoms with Gasteiger partial charge in [-0.05, 0) is 42.9 Å². The van der Waals surface area contributed by atoms with E-state index in [0.29, 0.717) is 25.3 Å². The van der Waals surface area contributed by atoms with Crippen molar-refractivity contribution in [1.82, 2.24) is 4.90 Å². The molecule has 1 aliphatic carbocycles. The van der Waals surface area contributed by atoms with Gasteiger partial charge >= 0.3 is 5.97 Å². The number of carboxylic acids is 1. The van der Waals surface area contributed by atoms with Crippen LogP contribution in [-0.2, 0) is 11.2 Å². The summed E-state index contributed by atoms with van der Waals surface area (Å²) in [6.45, 7) is 0.610. The van der Waals surface area contributed by atoms with Crippen molar-refractivity contribution in [1.29, 1.82) is 0 Å². The molecule has 5 heteroatoms. The summed E-state index contributed by atoms with van der Waals surface area (Å²) in [5, 5.41) is 18.9. The van der Waals surface area contributed by atoms with E-state index in [0.717, 1.165) is 18.4 Å². The Hall–Kier alpha value is -2.14. The average molecular weight is 343 g/mol. The minimum absolute atomic E-state index is 0.0552. The van der Waals surface area contributed by atoms with E-state index in [1.165, 1.54) is 12.8 Å². The Balaban J connectivity index is 1.54. The summed E-state index contributed by atoms with van der Waals surface area (Å²) in [5.74, 6) is -0.112. The van der Waals surface area contributed by atoms with Crippen LogP contribution in [0.4, 0.5) is 0 Å². The number of amides is 1. The predicted octanol–water partition coefficient (Wildman–Crippen LogP) is 2.64. The van der Waals surface area contributed by atoms with Crippen LogP contribution in [-0.4, -0.2) is 45.7 Å². The summed E-state index contributed by atoms with van der Waals surface area (Å²) in [4.78, 5) is 24.9. The molecule has 1 saturated carbocycles. The zero-order chi connectivity index (χ0) is 17.8. The number of benzene rings is 1. The molecule has 25 heavy (non-hydrogen) atoms. The lowest BCUT2D eigenvalue weighted by Gasteiger charge is -2.22. The molecule has 2 N–H and O–H groups in total. The van der Waals surface area contributed by atoms with Gasteiger partial charge in [0.05, 0.1) is 17.7 Å². The molecule has 1 amide bonds. The highest BCUT2D eigenvalue weighted by molar-refractivity contribution is 5.87. The van der Waals surface area contributed by atoms with Gasteiger partial charge in [0, 0.05) is 13.0 Å². The molecule has 0 radical (unpaired) electrons. The van der Waals surface area contributed by atoms with Crippen molar-refractivity contribution in [3.63, 3.8) is 0 Å². The second-order valence-corrected chi connectivity index (χ2v) is 7.08. The Morgan fingerprint density at radius 3 is 2.60 bits per heavy atom. The highest BCUT2D eigenvalue weighted by atomic mass is 16.4. The minimum Gasteiger partial charge on any atom is -0.478 e. The van der Waals surface area contributed by atoms with Gasteiger partial charge in [-0.3, -0.25) is 4.79 Å². The molecule has 2 atom stereocenters. The van der Waals surface area contributed by atoms with E-state index in [1.807, 2.05) is 17.1 Å². The lowest BCUT2D eigenvalue weighted by atomic mass is 10.1. The van der Waals surface area contributed by atoms with Crippen LogP contribution in [0.3, 0.4) is 0 Å². The Morgan fingerprint density at radius 1 is 1.24 bits per heavy atom. The molecule has 134 valence electrons. The minimum atomic E-state index is -0.934. The highest BCUT2D eigenvalue weighted by Gasteiger charge is 2.29. The smallest absolute Gasteiger partial charge is 0.335 e. The lowest BCUT2D eigenvalue weighted by molar-refractivity contribution is -0.128. The quantitative estimate of drug-likeness (QED) is 0.711. The lowest BCUT2D eigenvalue weighted by Crippen LogP contribution is -2.33. The Morgan fingerprint density at radius 2 is 1.96 bits per heavy atom. The number of hydrogen-bond donors (Lipinski definition) is 2. The number of aliphatic hydroxyl groups is 1. The van der Waals surface area contributed by atoms with E-state index in [-0.39, 0.29) is 17.5 Å². The van der Waals surface area contributed by atoms with Crippen LogP contribution < -0.4 is 0 Å². The predicted molar refractivity (Wildman–Crippen MR) is 94.3 cm³/mol. The van der Waals surface area contributed by atoms with E-state index >= 15 is 0 Å². The number of carboxylic acid groups (broad SMARTS) is 1. The first-order valence-electron chi connectivity index (χ1n) is 9.01. The van der Waals surface area contributed by atoms with Gasteiger partial charge in [-0.1, -0.05) is 37.1 Å². The van der Waals surface area contributed by atoms with E-state index < -0.39 is 12.1 Å². The molecule has 1 aliphatic heterocycles. The Kier molecular flexibility index (Phi) is 5.53. The summed E-state index contributed by atoms with van der Waals surface area (Å²) < 4.78 is 0. The molecule has 0 aromatic heterocycles. The number of nitrogens with zero attached hydrogens (tertiary/aromatic N) is 1. The molecule has 1 saturated heterocycles. The molecular weight excluding hydrogens is 318 g/mol. The molecule has 5 nitrogen and oxygen atoms in total. The normalized spacial score (nSPS) is 21.9. The SMILES string of the molecule is O=C(O)c1ccc(CCN2C(=O)CC[C@@H]2C=C[C@H](O)CC2CC2)cc1. The second-order valence-electron chi connectivity index (χ2n) is 7.08. The third kappa shape index (κ3) is 4.92. The van der Waals surface area contributed by atoms with Crippen molar-refractivity contribution >= 4 is 11.9 Å². The van der Waals surface area contributed by atoms with Crippen LogP contribution >= 0.6 is 0 Å². The average Bonchev–Trinajstić information content (AvgIpc) is 3.33. The number of aromatic carboxylic acids is 1. The van der Waals surface area contributed by atoms with Gasteiger partial charge in [0.15, 0.2) is 0 Å². The number of hydrogen-bond acceptors (Lipinski definition) is 3. The van der Waals surface area contributed by atoms with E-state index in [2.05, 4.69) is 0 Å². The molecular formula is C20H25NO4. The number of carbonyl (C=O) groups is 2. The van der Waals surface area contributed by atoms with Gasteiger partial charge in [-0.25, -0.2) is 4.79 Å². The van der Waals surface area contributed by atoms with Gasteiger partial charge in [0.25, 0.3) is 0 Å². The summed E-state index contributed by atoms with van der Waals surface area (Å²) in [6.07, 6.45) is 8.72. The maximum Gasteiger partial charge on any atom is 0.335 e. The Labute approximate surface area is 148 Å². The monoisotopic (exact) mass is 343 g/mol. The van der Waals surface area contributed by atoms with Gasteiger partial charge in [-0.15, -0.1) is 0 Å². The van der Waals surface area contributed by atoms with Crippen LogP contribution in [0.5, 0.6) is 0 Å². The molecule has 2 aliphatic rings. The second kappa shape index (κ2) is 7.83. The first-order valence-corrected chi connectivity index (χ1v) is 9.01. The first kappa shape index (κ1) is 17.7. The van der Waals surface area contributed by atoms with Crippen LogP contribution in [0.1, 0.15) is 48.0 Å². The summed E-state index contributed by atoms with van der Waals surface area (Å²) in [6, 6.07) is 6.84. The van der Waals surface area contributed by atoms with Gasteiger partial charge in [-0.2, -0.15) is 0 Å². The van der Waals surface area contributed by atoms with E-state index in [9.17, 15) is 14.7 Å². The summed E-state index contributed by atoms with van der Waals surface area (Å²) >= 11 is 0. The zero-order valence-corrected chi connectivity index (χ0v) is 14.3. The largest absolute Gasteiger partial charge is 0.478 e. The fraction of sp³-hybridized carbons (Fsp3) is 0.500. The standard InChI is InChI=1S/C20H25NO4/c22-18(13-15-1-2-15)9-7-17-8-10-19(23)21(17)12-11-14-3-5-16(6-4-14)20(24)25/h3-7,9,15,17-18,22H,1-2,8,10-13H2,(H,24,25)/t17-,18-/m0/s1. The van der Waals surface area contributed by atoms with Crippen LogP contribution in [0.15, 0.2) is 36.4 Å². The number of carbonyl (C=O) groups excluding carboxylic acids is 1. The summed E-state index contributed by atoms with van der Waals surface area (Å²) in [7, 11) is 0. The van der Waals surface area contributed by atoms with Crippen molar-refractivity contribution in [2.75, 3.05) is 6.54 Å². The van der Waals surface area contributed by atoms with Gasteiger partial charge < -0.3 is 15.1 Å². The number of likely N-dealkylation sites (tertiary alicyclic amines) is 1. The van der Waals surface area contributed by atoms with Crippen molar-refractivity contribution in [2.24, 2.45) is 5.92 Å². The maximum atomic E-state index is 12.1. The molecule has 0 unspecified atom stereocenters. The third-order valence-electron chi connectivity index (χ3n) is 5.04. The maximum absolute atomic E-state index is 12.1. The van der Waals surface area contributed by atoms with Crippen molar-refractivity contribution in [3.05, 3.63) is 47.5 Å². The fourth-order valence-corrected chi connectivity index (χ4v) is 3.34. The molecule has 3 rings (SSSR count).